The molecule has 3 aromatic rings. The molecule has 7 nitrogen and oxygen atoms in total. The monoisotopic (exact) mass is 452 g/mol. The first-order valence-corrected chi connectivity index (χ1v) is 10.7. The summed E-state index contributed by atoms with van der Waals surface area (Å²) in [5.74, 6) is -0.870. The van der Waals surface area contributed by atoms with Crippen LogP contribution in [-0.4, -0.2) is 31.5 Å². The lowest BCUT2D eigenvalue weighted by atomic mass is 10.1. The second kappa shape index (κ2) is 10.1. The number of ether oxygens (including phenoxy) is 2. The number of esters is 1. The first kappa shape index (κ1) is 23.0. The molecule has 0 aliphatic carbocycles. The van der Waals surface area contributed by atoms with Gasteiger partial charge in [-0.25, -0.2) is 4.79 Å². The third-order valence-electron chi connectivity index (χ3n) is 4.72. The van der Waals surface area contributed by atoms with E-state index in [2.05, 4.69) is 10.6 Å². The van der Waals surface area contributed by atoms with Crippen molar-refractivity contribution in [1.29, 1.82) is 0 Å². The third-order valence-corrected chi connectivity index (χ3v) is 5.93. The van der Waals surface area contributed by atoms with Gasteiger partial charge in [-0.3, -0.25) is 9.59 Å². The van der Waals surface area contributed by atoms with E-state index in [1.54, 1.807) is 19.1 Å². The van der Waals surface area contributed by atoms with Gasteiger partial charge in [0.1, 0.15) is 10.8 Å². The van der Waals surface area contributed by atoms with Crippen molar-refractivity contribution in [3.63, 3.8) is 0 Å². The van der Waals surface area contributed by atoms with Crippen molar-refractivity contribution < 1.29 is 23.9 Å². The van der Waals surface area contributed by atoms with Gasteiger partial charge in [0.15, 0.2) is 6.61 Å². The van der Waals surface area contributed by atoms with Crippen molar-refractivity contribution in [2.75, 3.05) is 24.4 Å². The zero-order chi connectivity index (χ0) is 23.3. The summed E-state index contributed by atoms with van der Waals surface area (Å²) in [4.78, 5) is 38.0. The molecular formula is C24H24N2O5S. The smallest absolute Gasteiger partial charge is 0.341 e. The number of hydrogen-bond acceptors (Lipinski definition) is 6. The van der Waals surface area contributed by atoms with Gasteiger partial charge in [-0.15, -0.1) is 11.3 Å². The van der Waals surface area contributed by atoms with Crippen LogP contribution in [0.4, 0.5) is 10.7 Å². The summed E-state index contributed by atoms with van der Waals surface area (Å²) < 4.78 is 10.4. The molecule has 0 spiro atoms. The highest BCUT2D eigenvalue weighted by molar-refractivity contribution is 7.18. The van der Waals surface area contributed by atoms with Crippen LogP contribution < -0.4 is 15.4 Å². The van der Waals surface area contributed by atoms with E-state index in [-0.39, 0.29) is 23.1 Å². The average molecular weight is 453 g/mol. The molecule has 0 saturated carbocycles. The Kier molecular flexibility index (Phi) is 7.27. The second-order valence-corrected chi connectivity index (χ2v) is 8.20. The number of amides is 2. The molecule has 2 N–H and O–H groups in total. The normalized spacial score (nSPS) is 10.4. The average Bonchev–Trinajstić information content (AvgIpc) is 3.08. The zero-order valence-corrected chi connectivity index (χ0v) is 19.1. The van der Waals surface area contributed by atoms with Gasteiger partial charge in [-0.2, -0.15) is 0 Å². The molecule has 3 rings (SSSR count). The number of nitrogens with one attached hydrogen (secondary N) is 2. The molecule has 1 heterocycles. The topological polar surface area (TPSA) is 93.7 Å². The molecule has 0 radical (unpaired) electrons. The number of methoxy groups -OCH3 is 1. The fourth-order valence-corrected chi connectivity index (χ4v) is 4.21. The maximum atomic E-state index is 12.9. The molecule has 8 heteroatoms. The Balaban J connectivity index is 1.80. The molecule has 0 aliphatic rings. The Hall–Kier alpha value is -3.65. The minimum absolute atomic E-state index is 0.149. The van der Waals surface area contributed by atoms with Crippen molar-refractivity contribution >= 4 is 39.8 Å². The predicted molar refractivity (Wildman–Crippen MR) is 125 cm³/mol. The molecular weight excluding hydrogens is 428 g/mol. The standard InChI is InChI=1S/C24H24N2O5S/c1-14-8-7-10-17(12-14)25-22(28)21-16(3)20(24(29)30-4)23(32-21)26-19(27)13-31-18-11-6-5-9-15(18)2/h5-12H,13H2,1-4H3,(H,25,28)(H,26,27). The Morgan fingerprint density at radius 2 is 1.72 bits per heavy atom. The van der Waals surface area contributed by atoms with Gasteiger partial charge in [-0.05, 0) is 55.7 Å². The fourth-order valence-electron chi connectivity index (χ4n) is 3.10. The van der Waals surface area contributed by atoms with Crippen molar-refractivity contribution in [3.8, 4) is 5.75 Å². The number of carbonyl (C=O) groups is 3. The number of hydrogen-bond donors (Lipinski definition) is 2. The van der Waals surface area contributed by atoms with Gasteiger partial charge >= 0.3 is 5.97 Å². The first-order valence-electron chi connectivity index (χ1n) is 9.88. The molecule has 2 aromatic carbocycles. The van der Waals surface area contributed by atoms with E-state index >= 15 is 0 Å². The summed E-state index contributed by atoms with van der Waals surface area (Å²) in [5.41, 5.74) is 3.12. The zero-order valence-electron chi connectivity index (χ0n) is 18.3. The maximum absolute atomic E-state index is 12.9. The molecule has 32 heavy (non-hydrogen) atoms. The third kappa shape index (κ3) is 5.33. The van der Waals surface area contributed by atoms with Crippen LogP contribution in [0.1, 0.15) is 36.7 Å². The Bertz CT molecular complexity index is 1170. The highest BCUT2D eigenvalue weighted by Crippen LogP contribution is 2.34. The van der Waals surface area contributed by atoms with E-state index in [9.17, 15) is 14.4 Å². The largest absolute Gasteiger partial charge is 0.483 e. The molecule has 0 saturated heterocycles. The molecule has 0 aliphatic heterocycles. The van der Waals surface area contributed by atoms with E-state index in [1.807, 2.05) is 50.2 Å². The molecule has 166 valence electrons. The second-order valence-electron chi connectivity index (χ2n) is 7.18. The Morgan fingerprint density at radius 3 is 2.41 bits per heavy atom. The number of para-hydroxylation sites is 1. The summed E-state index contributed by atoms with van der Waals surface area (Å²) in [5, 5.41) is 5.74. The van der Waals surface area contributed by atoms with Gasteiger partial charge in [0.25, 0.3) is 11.8 Å². The van der Waals surface area contributed by atoms with E-state index in [0.29, 0.717) is 21.9 Å². The fraction of sp³-hybridized carbons (Fsp3) is 0.208. The van der Waals surface area contributed by atoms with Crippen LogP contribution in [0.15, 0.2) is 48.5 Å². The van der Waals surface area contributed by atoms with Gasteiger partial charge in [0.2, 0.25) is 0 Å². The van der Waals surface area contributed by atoms with E-state index < -0.39 is 11.9 Å². The summed E-state index contributed by atoms with van der Waals surface area (Å²) in [6.45, 7) is 5.21. The lowest BCUT2D eigenvalue weighted by Gasteiger charge is -2.09. The van der Waals surface area contributed by atoms with Crippen LogP contribution in [0.25, 0.3) is 0 Å². The lowest BCUT2D eigenvalue weighted by molar-refractivity contribution is -0.118. The van der Waals surface area contributed by atoms with Crippen LogP contribution in [0.3, 0.4) is 0 Å². The SMILES string of the molecule is COC(=O)c1c(NC(=O)COc2ccccc2C)sc(C(=O)Nc2cccc(C)c2)c1C. The quantitative estimate of drug-likeness (QED) is 0.506. The highest BCUT2D eigenvalue weighted by Gasteiger charge is 2.26. The highest BCUT2D eigenvalue weighted by atomic mass is 32.1. The number of benzene rings is 2. The predicted octanol–water partition coefficient (Wildman–Crippen LogP) is 4.73. The summed E-state index contributed by atoms with van der Waals surface area (Å²) >= 11 is 1.01. The van der Waals surface area contributed by atoms with Crippen molar-refractivity contribution in [1.82, 2.24) is 0 Å². The molecule has 2 amide bonds. The first-order chi connectivity index (χ1) is 15.3. The number of aryl methyl sites for hydroxylation is 2. The van der Waals surface area contributed by atoms with Crippen molar-refractivity contribution in [2.24, 2.45) is 0 Å². The number of rotatable bonds is 7. The van der Waals surface area contributed by atoms with E-state index in [4.69, 9.17) is 9.47 Å². The summed E-state index contributed by atoms with van der Waals surface area (Å²) in [6.07, 6.45) is 0. The Labute approximate surface area is 190 Å². The van der Waals surface area contributed by atoms with Crippen LogP contribution in [0.2, 0.25) is 0 Å². The van der Waals surface area contributed by atoms with Crippen LogP contribution >= 0.6 is 11.3 Å². The van der Waals surface area contributed by atoms with Crippen molar-refractivity contribution in [2.45, 2.75) is 20.8 Å². The number of thiophene rings is 1. The lowest BCUT2D eigenvalue weighted by Crippen LogP contribution is -2.21. The van der Waals surface area contributed by atoms with Gasteiger partial charge in [0, 0.05) is 5.69 Å². The van der Waals surface area contributed by atoms with Gasteiger partial charge < -0.3 is 20.1 Å². The van der Waals surface area contributed by atoms with E-state index in [1.165, 1.54) is 7.11 Å². The maximum Gasteiger partial charge on any atom is 0.341 e. The molecule has 0 bridgehead atoms. The summed E-state index contributed by atoms with van der Waals surface area (Å²) in [7, 11) is 1.25. The molecule has 1 aromatic heterocycles. The van der Waals surface area contributed by atoms with Crippen molar-refractivity contribution in [3.05, 3.63) is 75.7 Å². The minimum atomic E-state index is -0.636. The van der Waals surface area contributed by atoms with Crippen LogP contribution in [0.5, 0.6) is 5.75 Å². The minimum Gasteiger partial charge on any atom is -0.483 e. The molecule has 0 fully saturated rings. The van der Waals surface area contributed by atoms with Crippen LogP contribution in [0, 0.1) is 20.8 Å². The summed E-state index contributed by atoms with van der Waals surface area (Å²) in [6, 6.07) is 14.7. The van der Waals surface area contributed by atoms with Gasteiger partial charge in [0.05, 0.1) is 17.6 Å². The van der Waals surface area contributed by atoms with Gasteiger partial charge in [-0.1, -0.05) is 30.3 Å². The Morgan fingerprint density at radius 1 is 0.969 bits per heavy atom. The molecule has 0 unspecified atom stereocenters. The molecule has 0 atom stereocenters. The number of carbonyl (C=O) groups excluding carboxylic acids is 3. The number of anilines is 2. The van der Waals surface area contributed by atoms with Crippen LogP contribution in [-0.2, 0) is 9.53 Å². The van der Waals surface area contributed by atoms with E-state index in [0.717, 1.165) is 22.5 Å².